The third-order valence-corrected chi connectivity index (χ3v) is 5.48. The summed E-state index contributed by atoms with van der Waals surface area (Å²) in [6.45, 7) is 4.86. The van der Waals surface area contributed by atoms with Crippen LogP contribution in [0.15, 0.2) is 40.7 Å². The van der Waals surface area contributed by atoms with Crippen LogP contribution >= 0.6 is 22.9 Å². The summed E-state index contributed by atoms with van der Waals surface area (Å²) in [5.74, 6) is 0.832. The fraction of sp³-hybridized carbons (Fsp3) is 0.389. The zero-order valence-electron chi connectivity index (χ0n) is 13.9. The molecule has 0 spiro atoms. The lowest BCUT2D eigenvalue weighted by atomic mass is 10.1. The van der Waals surface area contributed by atoms with Crippen molar-refractivity contribution in [3.63, 3.8) is 0 Å². The van der Waals surface area contributed by atoms with Crippen LogP contribution < -0.4 is 10.6 Å². The van der Waals surface area contributed by atoms with Gasteiger partial charge in [-0.15, -0.1) is 11.3 Å². The van der Waals surface area contributed by atoms with Gasteiger partial charge >= 0.3 is 0 Å². The fourth-order valence-electron chi connectivity index (χ4n) is 2.84. The van der Waals surface area contributed by atoms with Gasteiger partial charge in [0.2, 0.25) is 0 Å². The number of fused-ring (bicyclic) bond motifs is 1. The monoisotopic (exact) mass is 362 g/mol. The van der Waals surface area contributed by atoms with Gasteiger partial charge in [0, 0.05) is 49.7 Å². The maximum Gasteiger partial charge on any atom is 0.191 e. The van der Waals surface area contributed by atoms with E-state index in [0.29, 0.717) is 0 Å². The van der Waals surface area contributed by atoms with Crippen molar-refractivity contribution in [1.29, 1.82) is 0 Å². The highest BCUT2D eigenvalue weighted by atomic mass is 35.5. The smallest absolute Gasteiger partial charge is 0.191 e. The van der Waals surface area contributed by atoms with Crippen LogP contribution in [0.3, 0.4) is 0 Å². The Balaban J connectivity index is 1.39. The lowest BCUT2D eigenvalue weighted by Gasteiger charge is -2.27. The van der Waals surface area contributed by atoms with E-state index in [9.17, 15) is 0 Å². The molecule has 0 amide bonds. The molecule has 128 valence electrons. The van der Waals surface area contributed by atoms with E-state index in [-0.39, 0.29) is 0 Å². The first kappa shape index (κ1) is 17.3. The number of nitrogens with one attached hydrogen (secondary N) is 2. The Labute approximate surface area is 152 Å². The Bertz CT molecular complexity index is 681. The molecule has 0 saturated heterocycles. The van der Waals surface area contributed by atoms with E-state index < -0.39 is 0 Å². The summed E-state index contributed by atoms with van der Waals surface area (Å²) in [6, 6.07) is 10.1. The van der Waals surface area contributed by atoms with E-state index in [1.54, 1.807) is 11.9 Å². The van der Waals surface area contributed by atoms with E-state index in [0.717, 1.165) is 43.7 Å². The summed E-state index contributed by atoms with van der Waals surface area (Å²) < 4.78 is 0. The molecule has 0 radical (unpaired) electrons. The minimum atomic E-state index is 0.735. The van der Waals surface area contributed by atoms with Crippen molar-refractivity contribution in [3.8, 4) is 0 Å². The summed E-state index contributed by atoms with van der Waals surface area (Å²) in [4.78, 5) is 8.33. The van der Waals surface area contributed by atoms with Gasteiger partial charge in [-0.05, 0) is 41.1 Å². The average molecular weight is 363 g/mol. The number of rotatable bonds is 5. The van der Waals surface area contributed by atoms with Crippen molar-refractivity contribution >= 4 is 28.9 Å². The van der Waals surface area contributed by atoms with Gasteiger partial charge in [0.1, 0.15) is 0 Å². The van der Waals surface area contributed by atoms with Crippen LogP contribution in [0.25, 0.3) is 0 Å². The standard InChI is InChI=1S/C18H23ClN4S/c1-20-18(22-12-14-2-4-16(19)5-3-14)21-8-10-23-9-6-17-15(13-23)7-11-24-17/h2-5,7,11H,6,8-10,12-13H2,1H3,(H2,20,21,22). The third kappa shape index (κ3) is 4.72. The number of nitrogens with zero attached hydrogens (tertiary/aromatic N) is 2. The molecule has 0 aliphatic carbocycles. The number of thiophene rings is 1. The van der Waals surface area contributed by atoms with Gasteiger partial charge in [0.05, 0.1) is 0 Å². The van der Waals surface area contributed by atoms with Crippen LogP contribution in [0.5, 0.6) is 0 Å². The Morgan fingerprint density at radius 3 is 2.88 bits per heavy atom. The maximum atomic E-state index is 5.91. The number of benzene rings is 1. The number of aliphatic imine (C=N–C) groups is 1. The van der Waals surface area contributed by atoms with E-state index in [2.05, 4.69) is 32.0 Å². The van der Waals surface area contributed by atoms with Crippen LogP contribution in [0.2, 0.25) is 5.02 Å². The predicted octanol–water partition coefficient (Wildman–Crippen LogP) is 3.12. The quantitative estimate of drug-likeness (QED) is 0.634. The summed E-state index contributed by atoms with van der Waals surface area (Å²) in [7, 11) is 1.80. The van der Waals surface area contributed by atoms with Crippen LogP contribution in [-0.2, 0) is 19.5 Å². The topological polar surface area (TPSA) is 39.7 Å². The van der Waals surface area contributed by atoms with Gasteiger partial charge in [-0.2, -0.15) is 0 Å². The molecule has 1 aliphatic heterocycles. The predicted molar refractivity (Wildman–Crippen MR) is 103 cm³/mol. The van der Waals surface area contributed by atoms with E-state index in [1.807, 2.05) is 35.6 Å². The highest BCUT2D eigenvalue weighted by Crippen LogP contribution is 2.23. The molecule has 1 aromatic heterocycles. The lowest BCUT2D eigenvalue weighted by Crippen LogP contribution is -2.42. The second-order valence-corrected chi connectivity index (χ2v) is 7.31. The van der Waals surface area contributed by atoms with Gasteiger partial charge in [0.25, 0.3) is 0 Å². The number of hydrogen-bond acceptors (Lipinski definition) is 3. The molecular formula is C18H23ClN4S. The van der Waals surface area contributed by atoms with Crippen LogP contribution in [0.4, 0.5) is 0 Å². The first-order valence-corrected chi connectivity index (χ1v) is 9.47. The van der Waals surface area contributed by atoms with Gasteiger partial charge < -0.3 is 10.6 Å². The molecule has 0 unspecified atom stereocenters. The molecule has 1 aromatic carbocycles. The second-order valence-electron chi connectivity index (χ2n) is 5.87. The molecule has 2 aromatic rings. The van der Waals surface area contributed by atoms with Crippen LogP contribution in [0.1, 0.15) is 16.0 Å². The SMILES string of the molecule is CN=C(NCCN1CCc2sccc2C1)NCc1ccc(Cl)cc1. The van der Waals surface area contributed by atoms with Gasteiger partial charge in [-0.25, -0.2) is 0 Å². The first-order chi connectivity index (χ1) is 11.7. The molecule has 1 aliphatic rings. The van der Waals surface area contributed by atoms with E-state index in [1.165, 1.54) is 17.5 Å². The van der Waals surface area contributed by atoms with E-state index >= 15 is 0 Å². The molecule has 6 heteroatoms. The third-order valence-electron chi connectivity index (χ3n) is 4.20. The second kappa shape index (κ2) is 8.51. The molecule has 3 rings (SSSR count). The van der Waals surface area contributed by atoms with Crippen molar-refractivity contribution in [3.05, 3.63) is 56.7 Å². The summed E-state index contributed by atoms with van der Waals surface area (Å²) in [6.07, 6.45) is 1.18. The number of hydrogen-bond donors (Lipinski definition) is 2. The van der Waals surface area contributed by atoms with Crippen molar-refractivity contribution in [1.82, 2.24) is 15.5 Å². The largest absolute Gasteiger partial charge is 0.355 e. The normalized spacial score (nSPS) is 15.2. The lowest BCUT2D eigenvalue weighted by molar-refractivity contribution is 0.260. The number of halogens is 1. The maximum absolute atomic E-state index is 5.91. The molecule has 0 bridgehead atoms. The summed E-state index contributed by atoms with van der Waals surface area (Å²) in [5, 5.41) is 9.69. The van der Waals surface area contributed by atoms with Gasteiger partial charge in [0.15, 0.2) is 5.96 Å². The van der Waals surface area contributed by atoms with Crippen molar-refractivity contribution in [2.24, 2.45) is 4.99 Å². The summed E-state index contributed by atoms with van der Waals surface area (Å²) in [5.41, 5.74) is 2.68. The highest BCUT2D eigenvalue weighted by Gasteiger charge is 2.16. The van der Waals surface area contributed by atoms with Crippen LogP contribution in [0, 0.1) is 0 Å². The molecule has 0 fully saturated rings. The Kier molecular flexibility index (Phi) is 6.12. The zero-order chi connectivity index (χ0) is 16.8. The van der Waals surface area contributed by atoms with Crippen molar-refractivity contribution < 1.29 is 0 Å². The molecule has 4 nitrogen and oxygen atoms in total. The first-order valence-electron chi connectivity index (χ1n) is 8.21. The molecule has 0 atom stereocenters. The average Bonchev–Trinajstić information content (AvgIpc) is 3.07. The van der Waals surface area contributed by atoms with E-state index in [4.69, 9.17) is 11.6 Å². The molecule has 2 heterocycles. The van der Waals surface area contributed by atoms with Gasteiger partial charge in [-0.3, -0.25) is 9.89 Å². The minimum absolute atomic E-state index is 0.735. The fourth-order valence-corrected chi connectivity index (χ4v) is 3.85. The Morgan fingerprint density at radius 2 is 2.08 bits per heavy atom. The van der Waals surface area contributed by atoms with Crippen molar-refractivity contribution in [2.75, 3.05) is 26.7 Å². The van der Waals surface area contributed by atoms with Crippen LogP contribution in [-0.4, -0.2) is 37.5 Å². The Morgan fingerprint density at radius 1 is 1.25 bits per heavy atom. The highest BCUT2D eigenvalue weighted by molar-refractivity contribution is 7.10. The minimum Gasteiger partial charge on any atom is -0.355 e. The van der Waals surface area contributed by atoms with Crippen molar-refractivity contribution in [2.45, 2.75) is 19.5 Å². The molecule has 2 N–H and O–H groups in total. The van der Waals surface area contributed by atoms with Gasteiger partial charge in [-0.1, -0.05) is 23.7 Å². The molecule has 24 heavy (non-hydrogen) atoms. The zero-order valence-corrected chi connectivity index (χ0v) is 15.5. The number of guanidine groups is 1. The Hall–Kier alpha value is -1.56. The molecular weight excluding hydrogens is 340 g/mol. The summed E-state index contributed by atoms with van der Waals surface area (Å²) >= 11 is 7.79. The molecule has 0 saturated carbocycles.